The van der Waals surface area contributed by atoms with Crippen molar-refractivity contribution < 1.29 is 5.11 Å². The van der Waals surface area contributed by atoms with Crippen molar-refractivity contribution in [2.75, 3.05) is 0 Å². The Labute approximate surface area is 83.5 Å². The zero-order chi connectivity index (χ0) is 10.1. The van der Waals surface area contributed by atoms with E-state index in [2.05, 4.69) is 20.8 Å². The van der Waals surface area contributed by atoms with E-state index in [9.17, 15) is 5.11 Å². The highest BCUT2D eigenvalue weighted by atomic mass is 16.3. The van der Waals surface area contributed by atoms with Gasteiger partial charge in [-0.2, -0.15) is 0 Å². The van der Waals surface area contributed by atoms with Crippen molar-refractivity contribution in [1.29, 1.82) is 0 Å². The van der Waals surface area contributed by atoms with E-state index in [-0.39, 0.29) is 6.10 Å². The van der Waals surface area contributed by atoms with E-state index in [4.69, 9.17) is 0 Å². The molecule has 0 saturated heterocycles. The van der Waals surface area contributed by atoms with E-state index in [1.54, 1.807) is 0 Å². The second kappa shape index (κ2) is 8.55. The normalized spacial score (nSPS) is 15.7. The van der Waals surface area contributed by atoms with Crippen LogP contribution >= 0.6 is 0 Å². The maximum absolute atomic E-state index is 9.75. The maximum Gasteiger partial charge on any atom is 0.0565 e. The number of hydrogen-bond donors (Lipinski definition) is 1. The summed E-state index contributed by atoms with van der Waals surface area (Å²) >= 11 is 0. The lowest BCUT2D eigenvalue weighted by Gasteiger charge is -2.18. The Hall–Kier alpha value is -0.0400. The fourth-order valence-corrected chi connectivity index (χ4v) is 1.61. The van der Waals surface area contributed by atoms with Crippen LogP contribution in [0.4, 0.5) is 0 Å². The Bertz CT molecular complexity index is 101. The molecule has 0 aliphatic heterocycles. The average Bonchev–Trinajstić information content (AvgIpc) is 2.14. The third kappa shape index (κ3) is 7.06. The van der Waals surface area contributed by atoms with Crippen LogP contribution in [0, 0.1) is 5.92 Å². The Kier molecular flexibility index (Phi) is 8.53. The number of unbranched alkanes of at least 4 members (excludes halogenated alkanes) is 3. The number of rotatable bonds is 8. The van der Waals surface area contributed by atoms with Crippen LogP contribution in [0.15, 0.2) is 0 Å². The fourth-order valence-electron chi connectivity index (χ4n) is 1.61. The van der Waals surface area contributed by atoms with Crippen molar-refractivity contribution in [3.8, 4) is 0 Å². The van der Waals surface area contributed by atoms with Crippen LogP contribution in [0.25, 0.3) is 0 Å². The van der Waals surface area contributed by atoms with Gasteiger partial charge in [-0.3, -0.25) is 0 Å². The van der Waals surface area contributed by atoms with Gasteiger partial charge < -0.3 is 5.11 Å². The second-order valence-corrected chi connectivity index (χ2v) is 4.18. The van der Waals surface area contributed by atoms with Crippen LogP contribution in [0.3, 0.4) is 0 Å². The summed E-state index contributed by atoms with van der Waals surface area (Å²) in [5.41, 5.74) is 0. The largest absolute Gasteiger partial charge is 0.393 e. The quantitative estimate of drug-likeness (QED) is 0.572. The molecule has 0 aliphatic carbocycles. The molecule has 0 heterocycles. The fraction of sp³-hybridized carbons (Fsp3) is 1.00. The first-order valence-corrected chi connectivity index (χ1v) is 5.90. The molecule has 0 fully saturated rings. The van der Waals surface area contributed by atoms with E-state index >= 15 is 0 Å². The monoisotopic (exact) mass is 186 g/mol. The molecule has 0 rings (SSSR count). The summed E-state index contributed by atoms with van der Waals surface area (Å²) in [5, 5.41) is 9.75. The summed E-state index contributed by atoms with van der Waals surface area (Å²) in [6, 6.07) is 0. The number of aliphatic hydroxyl groups is 1. The molecule has 0 aliphatic rings. The lowest BCUT2D eigenvalue weighted by atomic mass is 9.94. The van der Waals surface area contributed by atoms with Crippen molar-refractivity contribution in [2.24, 2.45) is 5.92 Å². The third-order valence-corrected chi connectivity index (χ3v) is 2.77. The highest BCUT2D eigenvalue weighted by Gasteiger charge is 2.12. The van der Waals surface area contributed by atoms with Crippen molar-refractivity contribution >= 4 is 0 Å². The molecule has 2 unspecified atom stereocenters. The maximum atomic E-state index is 9.75. The van der Waals surface area contributed by atoms with Gasteiger partial charge in [0.1, 0.15) is 0 Å². The molecule has 0 aromatic rings. The molecule has 2 atom stereocenters. The summed E-state index contributed by atoms with van der Waals surface area (Å²) in [4.78, 5) is 0. The smallest absolute Gasteiger partial charge is 0.0565 e. The van der Waals surface area contributed by atoms with Crippen molar-refractivity contribution in [3.05, 3.63) is 0 Å². The van der Waals surface area contributed by atoms with E-state index in [1.807, 2.05) is 0 Å². The van der Waals surface area contributed by atoms with Gasteiger partial charge in [-0.15, -0.1) is 0 Å². The Morgan fingerprint density at radius 2 is 1.54 bits per heavy atom. The number of hydrogen-bond acceptors (Lipinski definition) is 1. The Morgan fingerprint density at radius 3 is 2.08 bits per heavy atom. The summed E-state index contributed by atoms with van der Waals surface area (Å²) in [6.07, 6.45) is 8.35. The van der Waals surface area contributed by atoms with Crippen LogP contribution in [0.1, 0.15) is 65.7 Å². The molecule has 13 heavy (non-hydrogen) atoms. The lowest BCUT2D eigenvalue weighted by Crippen LogP contribution is -2.17. The van der Waals surface area contributed by atoms with Crippen LogP contribution < -0.4 is 0 Å². The minimum absolute atomic E-state index is 0.0585. The first-order chi connectivity index (χ1) is 6.22. The Morgan fingerprint density at radius 1 is 0.923 bits per heavy atom. The highest BCUT2D eigenvalue weighted by Crippen LogP contribution is 2.17. The van der Waals surface area contributed by atoms with Gasteiger partial charge in [-0.05, 0) is 18.8 Å². The first-order valence-electron chi connectivity index (χ1n) is 5.90. The Balaban J connectivity index is 3.38. The predicted molar refractivity (Wildman–Crippen MR) is 58.8 cm³/mol. The minimum Gasteiger partial charge on any atom is -0.393 e. The van der Waals surface area contributed by atoms with Crippen molar-refractivity contribution in [1.82, 2.24) is 0 Å². The van der Waals surface area contributed by atoms with Gasteiger partial charge in [0.05, 0.1) is 6.10 Å². The van der Waals surface area contributed by atoms with Gasteiger partial charge >= 0.3 is 0 Å². The summed E-state index contributed by atoms with van der Waals surface area (Å²) in [7, 11) is 0. The lowest BCUT2D eigenvalue weighted by molar-refractivity contribution is 0.0992. The van der Waals surface area contributed by atoms with Gasteiger partial charge in [0.25, 0.3) is 0 Å². The molecule has 0 bridgehead atoms. The molecular formula is C12H26O. The van der Waals surface area contributed by atoms with Crippen LogP contribution in [0.5, 0.6) is 0 Å². The van der Waals surface area contributed by atoms with Gasteiger partial charge in [0, 0.05) is 0 Å². The second-order valence-electron chi connectivity index (χ2n) is 4.18. The van der Waals surface area contributed by atoms with E-state index in [0.717, 1.165) is 6.42 Å². The molecular weight excluding hydrogens is 160 g/mol. The van der Waals surface area contributed by atoms with Gasteiger partial charge in [0.15, 0.2) is 0 Å². The van der Waals surface area contributed by atoms with Crippen LogP contribution in [-0.4, -0.2) is 11.2 Å². The molecule has 1 heteroatoms. The van der Waals surface area contributed by atoms with Gasteiger partial charge in [0.2, 0.25) is 0 Å². The van der Waals surface area contributed by atoms with Crippen molar-refractivity contribution in [3.63, 3.8) is 0 Å². The minimum atomic E-state index is -0.0585. The molecule has 0 radical (unpaired) electrons. The molecule has 80 valence electrons. The zero-order valence-electron chi connectivity index (χ0n) is 9.55. The number of aliphatic hydroxyl groups excluding tert-OH is 1. The summed E-state index contributed by atoms with van der Waals surface area (Å²) in [5.74, 6) is 0.498. The van der Waals surface area contributed by atoms with Gasteiger partial charge in [-0.1, -0.05) is 52.9 Å². The molecule has 0 spiro atoms. The molecule has 0 amide bonds. The topological polar surface area (TPSA) is 20.2 Å². The standard InChI is InChI=1S/C12H26O/c1-4-6-8-9-11(3)12(13)10-7-5-2/h11-13H,4-10H2,1-3H3. The average molecular weight is 186 g/mol. The van der Waals surface area contributed by atoms with E-state index in [0.29, 0.717) is 5.92 Å². The molecule has 0 saturated carbocycles. The first kappa shape index (κ1) is 13.0. The third-order valence-electron chi connectivity index (χ3n) is 2.77. The highest BCUT2D eigenvalue weighted by molar-refractivity contribution is 4.64. The van der Waals surface area contributed by atoms with Gasteiger partial charge in [-0.25, -0.2) is 0 Å². The zero-order valence-corrected chi connectivity index (χ0v) is 9.55. The molecule has 1 nitrogen and oxygen atoms in total. The van der Waals surface area contributed by atoms with Crippen LogP contribution in [-0.2, 0) is 0 Å². The molecule has 1 N–H and O–H groups in total. The molecule has 0 aromatic carbocycles. The van der Waals surface area contributed by atoms with E-state index in [1.165, 1.54) is 38.5 Å². The predicted octanol–water partition coefficient (Wildman–Crippen LogP) is 3.75. The summed E-state index contributed by atoms with van der Waals surface area (Å²) < 4.78 is 0. The SMILES string of the molecule is CCCCCC(C)C(O)CCCC. The van der Waals surface area contributed by atoms with Crippen molar-refractivity contribution in [2.45, 2.75) is 71.8 Å². The van der Waals surface area contributed by atoms with Crippen LogP contribution in [0.2, 0.25) is 0 Å². The summed E-state index contributed by atoms with van der Waals surface area (Å²) in [6.45, 7) is 6.57. The molecule has 0 aromatic heterocycles. The van der Waals surface area contributed by atoms with E-state index < -0.39 is 0 Å².